The van der Waals surface area contributed by atoms with Crippen molar-refractivity contribution in [1.82, 2.24) is 14.9 Å². The lowest BCUT2D eigenvalue weighted by Gasteiger charge is -2.38. The van der Waals surface area contributed by atoms with Crippen LogP contribution < -0.4 is 20.3 Å². The van der Waals surface area contributed by atoms with Gasteiger partial charge in [-0.05, 0) is 70.3 Å². The molecule has 0 amide bonds. The van der Waals surface area contributed by atoms with Gasteiger partial charge in [-0.25, -0.2) is 9.97 Å². The third-order valence-electron chi connectivity index (χ3n) is 8.51. The molecule has 3 heterocycles. The Hall–Kier alpha value is -3.15. The predicted octanol–water partition coefficient (Wildman–Crippen LogP) is 5.70. The summed E-state index contributed by atoms with van der Waals surface area (Å²) in [6.07, 6.45) is 10.7. The number of nitrogens with zero attached hydrogens (tertiary/aromatic N) is 4. The second-order valence-electron chi connectivity index (χ2n) is 11.6. The average Bonchev–Trinajstić information content (AvgIpc) is 3.66. The molecule has 0 unspecified atom stereocenters. The van der Waals surface area contributed by atoms with E-state index in [-0.39, 0.29) is 0 Å². The Morgan fingerprint density at radius 1 is 1.02 bits per heavy atom. The maximum Gasteiger partial charge on any atom is 0.141 e. The number of allylic oxidation sites excluding steroid dienone is 1. The first-order chi connectivity index (χ1) is 19.4. The van der Waals surface area contributed by atoms with Crippen LogP contribution in [-0.2, 0) is 17.4 Å². The van der Waals surface area contributed by atoms with Crippen molar-refractivity contribution in [3.63, 3.8) is 0 Å². The molecule has 2 saturated heterocycles. The van der Waals surface area contributed by atoms with Crippen LogP contribution in [0.1, 0.15) is 48.3 Å². The number of para-hydroxylation sites is 1. The molecule has 7 nitrogen and oxygen atoms in total. The first kappa shape index (κ1) is 27.0. The highest BCUT2D eigenvalue weighted by atomic mass is 31.2. The minimum Gasteiger partial charge on any atom is -0.496 e. The lowest BCUT2D eigenvalue weighted by molar-refractivity contribution is 0.208. The number of benzene rings is 2. The number of anilines is 3. The van der Waals surface area contributed by atoms with Gasteiger partial charge in [0.05, 0.1) is 18.5 Å². The second kappa shape index (κ2) is 11.4. The maximum absolute atomic E-state index is 13.0. The van der Waals surface area contributed by atoms with Crippen LogP contribution in [0.5, 0.6) is 5.75 Å². The average molecular weight is 558 g/mol. The van der Waals surface area contributed by atoms with Crippen molar-refractivity contribution in [2.45, 2.75) is 44.6 Å². The summed E-state index contributed by atoms with van der Waals surface area (Å²) in [5.74, 6) is 2.38. The van der Waals surface area contributed by atoms with Gasteiger partial charge in [0.25, 0.3) is 0 Å². The van der Waals surface area contributed by atoms with E-state index in [9.17, 15) is 4.57 Å². The highest BCUT2D eigenvalue weighted by Crippen LogP contribution is 2.39. The molecule has 40 heavy (non-hydrogen) atoms. The molecule has 1 N–H and O–H groups in total. The van der Waals surface area contributed by atoms with Crippen molar-refractivity contribution < 1.29 is 9.30 Å². The number of methoxy groups -OCH3 is 1. The van der Waals surface area contributed by atoms with Gasteiger partial charge in [0.15, 0.2) is 0 Å². The third kappa shape index (κ3) is 5.68. The zero-order valence-corrected chi connectivity index (χ0v) is 24.8. The Labute approximate surface area is 238 Å². The number of ether oxygens (including phenoxy) is 1. The van der Waals surface area contributed by atoms with Crippen LogP contribution >= 0.6 is 7.14 Å². The molecule has 2 aliphatic heterocycles. The SMILES string of the molecule is COc1cc(N2CCC(N3CCCC3)CC2)ccc1Cc1nc2c(c(Nc3ccccc3P(C)(C)=O)n1)C=CC2. The zero-order valence-electron chi connectivity index (χ0n) is 23.9. The summed E-state index contributed by atoms with van der Waals surface area (Å²) < 4.78 is 18.8. The van der Waals surface area contributed by atoms with Gasteiger partial charge in [0.1, 0.15) is 24.5 Å². The van der Waals surface area contributed by atoms with E-state index in [1.165, 1.54) is 44.5 Å². The van der Waals surface area contributed by atoms with Crippen LogP contribution in [0.2, 0.25) is 0 Å². The molecule has 0 atom stereocenters. The van der Waals surface area contributed by atoms with E-state index < -0.39 is 7.14 Å². The third-order valence-corrected chi connectivity index (χ3v) is 10.1. The summed E-state index contributed by atoms with van der Waals surface area (Å²) in [5.41, 5.74) is 5.14. The molecule has 1 aromatic heterocycles. The lowest BCUT2D eigenvalue weighted by atomic mass is 10.0. The number of hydrogen-bond acceptors (Lipinski definition) is 7. The van der Waals surface area contributed by atoms with Crippen molar-refractivity contribution in [3.8, 4) is 5.75 Å². The quantitative estimate of drug-likeness (QED) is 0.356. The van der Waals surface area contributed by atoms with Crippen LogP contribution in [0, 0.1) is 0 Å². The van der Waals surface area contributed by atoms with Gasteiger partial charge < -0.3 is 24.4 Å². The molecule has 2 aromatic carbocycles. The molecule has 2 fully saturated rings. The minimum absolute atomic E-state index is 0.574. The number of piperidine rings is 1. The first-order valence-corrected chi connectivity index (χ1v) is 17.1. The number of fused-ring (bicyclic) bond motifs is 1. The highest BCUT2D eigenvalue weighted by molar-refractivity contribution is 7.70. The van der Waals surface area contributed by atoms with E-state index in [2.05, 4.69) is 45.5 Å². The Morgan fingerprint density at radius 3 is 2.55 bits per heavy atom. The highest BCUT2D eigenvalue weighted by Gasteiger charge is 2.27. The number of hydrogen-bond donors (Lipinski definition) is 1. The van der Waals surface area contributed by atoms with Crippen LogP contribution in [0.3, 0.4) is 0 Å². The topological polar surface area (TPSA) is 70.6 Å². The van der Waals surface area contributed by atoms with E-state index in [1.54, 1.807) is 20.4 Å². The van der Waals surface area contributed by atoms with Gasteiger partial charge in [0.2, 0.25) is 0 Å². The smallest absolute Gasteiger partial charge is 0.141 e. The fraction of sp³-hybridized carbons (Fsp3) is 0.438. The van der Waals surface area contributed by atoms with Crippen LogP contribution in [0.4, 0.5) is 17.2 Å². The molecule has 210 valence electrons. The van der Waals surface area contributed by atoms with Crippen molar-refractivity contribution >= 4 is 35.7 Å². The van der Waals surface area contributed by atoms with E-state index in [1.807, 2.05) is 24.3 Å². The fourth-order valence-electron chi connectivity index (χ4n) is 6.38. The summed E-state index contributed by atoms with van der Waals surface area (Å²) in [6, 6.07) is 15.1. The summed E-state index contributed by atoms with van der Waals surface area (Å²) in [7, 11) is -0.719. The molecule has 0 radical (unpaired) electrons. The molecular formula is C32H40N5O2P. The molecule has 0 saturated carbocycles. The van der Waals surface area contributed by atoms with E-state index in [0.717, 1.165) is 70.8 Å². The maximum atomic E-state index is 13.0. The molecule has 0 spiro atoms. The number of likely N-dealkylation sites (tertiary alicyclic amines) is 1. The van der Waals surface area contributed by atoms with Gasteiger partial charge >= 0.3 is 0 Å². The number of nitrogens with one attached hydrogen (secondary N) is 1. The number of aromatic nitrogens is 2. The molecule has 0 bridgehead atoms. The van der Waals surface area contributed by atoms with Crippen LogP contribution in [0.15, 0.2) is 48.5 Å². The summed E-state index contributed by atoms with van der Waals surface area (Å²) in [6.45, 7) is 8.32. The minimum atomic E-state index is -2.46. The van der Waals surface area contributed by atoms with Gasteiger partial charge in [0, 0.05) is 60.2 Å². The zero-order chi connectivity index (χ0) is 27.7. The predicted molar refractivity (Wildman–Crippen MR) is 165 cm³/mol. The normalized spacial score (nSPS) is 17.8. The molecule has 8 heteroatoms. The molecular weight excluding hydrogens is 517 g/mol. The van der Waals surface area contributed by atoms with Gasteiger partial charge in [-0.3, -0.25) is 0 Å². The van der Waals surface area contributed by atoms with E-state index in [4.69, 9.17) is 14.7 Å². The van der Waals surface area contributed by atoms with Gasteiger partial charge in [-0.2, -0.15) is 0 Å². The molecule has 3 aromatic rings. The Balaban J connectivity index is 1.22. The Kier molecular flexibility index (Phi) is 7.69. The van der Waals surface area contributed by atoms with E-state index >= 15 is 0 Å². The van der Waals surface area contributed by atoms with Crippen molar-refractivity contribution in [2.24, 2.45) is 0 Å². The van der Waals surface area contributed by atoms with Crippen LogP contribution in [-0.4, -0.2) is 67.5 Å². The lowest BCUT2D eigenvalue weighted by Crippen LogP contribution is -2.43. The van der Waals surface area contributed by atoms with Crippen molar-refractivity contribution in [2.75, 3.05) is 56.8 Å². The largest absolute Gasteiger partial charge is 0.496 e. The Bertz CT molecular complexity index is 1450. The summed E-state index contributed by atoms with van der Waals surface area (Å²) >= 11 is 0. The van der Waals surface area contributed by atoms with Crippen molar-refractivity contribution in [3.05, 3.63) is 71.2 Å². The Morgan fingerprint density at radius 2 is 1.80 bits per heavy atom. The summed E-state index contributed by atoms with van der Waals surface area (Å²) in [4.78, 5) is 15.1. The van der Waals surface area contributed by atoms with Gasteiger partial charge in [-0.1, -0.05) is 30.4 Å². The molecule has 1 aliphatic carbocycles. The fourth-order valence-corrected chi connectivity index (χ4v) is 7.53. The molecule has 6 rings (SSSR count). The molecule has 3 aliphatic rings. The van der Waals surface area contributed by atoms with E-state index in [0.29, 0.717) is 6.42 Å². The second-order valence-corrected chi connectivity index (χ2v) is 14.8. The number of rotatable bonds is 8. The monoisotopic (exact) mass is 557 g/mol. The van der Waals surface area contributed by atoms with Crippen LogP contribution in [0.25, 0.3) is 6.08 Å². The standard InChI is InChI=1S/C32H40N5O2P/c1-39-29-22-25(37-19-15-24(16-20-37)36-17-6-7-18-36)14-13-23(29)21-31-33-27-11-8-9-26(27)32(35-31)34-28-10-4-5-12-30(28)40(2,3)38/h4-5,8-10,12-14,22,24H,6-7,11,15-21H2,1-3H3,(H,33,34,35). The van der Waals surface area contributed by atoms with Gasteiger partial charge in [-0.15, -0.1) is 0 Å². The first-order valence-electron chi connectivity index (χ1n) is 14.5. The van der Waals surface area contributed by atoms with Crippen molar-refractivity contribution in [1.29, 1.82) is 0 Å². The summed E-state index contributed by atoms with van der Waals surface area (Å²) in [5, 5.41) is 4.32.